The van der Waals surface area contributed by atoms with E-state index in [2.05, 4.69) is 42.9 Å². The summed E-state index contributed by atoms with van der Waals surface area (Å²) < 4.78 is 0. The first-order valence-electron chi connectivity index (χ1n) is 8.13. The van der Waals surface area contributed by atoms with Crippen LogP contribution in [0.1, 0.15) is 13.8 Å². The van der Waals surface area contributed by atoms with E-state index in [0.717, 1.165) is 32.1 Å². The number of thiophene rings is 1. The molecule has 0 aromatic carbocycles. The van der Waals surface area contributed by atoms with Crippen LogP contribution in [0.15, 0.2) is 22.5 Å². The number of hydrogen-bond acceptors (Lipinski definition) is 4. The maximum atomic E-state index is 11.5. The summed E-state index contributed by atoms with van der Waals surface area (Å²) in [7, 11) is 1.81. The summed E-state index contributed by atoms with van der Waals surface area (Å²) in [5, 5.41) is 9.69. The van der Waals surface area contributed by atoms with Crippen molar-refractivity contribution in [2.45, 2.75) is 13.8 Å². The van der Waals surface area contributed by atoms with Crippen molar-refractivity contribution in [1.29, 1.82) is 0 Å². The van der Waals surface area contributed by atoms with E-state index in [1.54, 1.807) is 18.4 Å². The lowest BCUT2D eigenvalue weighted by atomic mass is 10.2. The molecule has 2 heterocycles. The molecule has 0 unspecified atom stereocenters. The van der Waals surface area contributed by atoms with Crippen molar-refractivity contribution in [2.75, 3.05) is 51.2 Å². The van der Waals surface area contributed by atoms with Gasteiger partial charge in [0.1, 0.15) is 0 Å². The predicted octanol–water partition coefficient (Wildman–Crippen LogP) is 1.22. The van der Waals surface area contributed by atoms with Gasteiger partial charge in [0, 0.05) is 52.2 Å². The fraction of sp³-hybridized carbons (Fsp3) is 0.625. The van der Waals surface area contributed by atoms with Crippen molar-refractivity contribution in [3.63, 3.8) is 0 Å². The molecule has 0 spiro atoms. The first-order chi connectivity index (χ1) is 11.1. The number of amides is 1. The first-order valence-corrected chi connectivity index (χ1v) is 9.01. The molecule has 1 saturated heterocycles. The summed E-state index contributed by atoms with van der Waals surface area (Å²) in [6.07, 6.45) is 0. The van der Waals surface area contributed by atoms with Crippen LogP contribution in [0.2, 0.25) is 0 Å². The van der Waals surface area contributed by atoms with Gasteiger partial charge in [-0.2, -0.15) is 0 Å². The highest BCUT2D eigenvalue weighted by Crippen LogP contribution is 2.22. The van der Waals surface area contributed by atoms with Gasteiger partial charge in [0.25, 0.3) is 0 Å². The van der Waals surface area contributed by atoms with Crippen LogP contribution in [0.25, 0.3) is 0 Å². The van der Waals surface area contributed by atoms with E-state index in [4.69, 9.17) is 0 Å². The monoisotopic (exact) mass is 337 g/mol. The molecule has 128 valence electrons. The molecular weight excluding hydrogens is 310 g/mol. The number of nitrogens with zero attached hydrogens (tertiary/aromatic N) is 3. The summed E-state index contributed by atoms with van der Waals surface area (Å²) in [6, 6.07) is 4.27. The molecule has 23 heavy (non-hydrogen) atoms. The lowest BCUT2D eigenvalue weighted by Gasteiger charge is -2.37. The van der Waals surface area contributed by atoms with Gasteiger partial charge < -0.3 is 20.4 Å². The Bertz CT molecular complexity index is 507. The number of anilines is 1. The van der Waals surface area contributed by atoms with Crippen LogP contribution in [0.5, 0.6) is 0 Å². The number of aliphatic imine (C=N–C) groups is 1. The van der Waals surface area contributed by atoms with Crippen molar-refractivity contribution in [3.05, 3.63) is 17.5 Å². The Labute approximate surface area is 142 Å². The van der Waals surface area contributed by atoms with Gasteiger partial charge in [-0.05, 0) is 17.5 Å². The average Bonchev–Trinajstić information content (AvgIpc) is 3.09. The molecule has 1 aliphatic heterocycles. The minimum absolute atomic E-state index is 0.0274. The van der Waals surface area contributed by atoms with E-state index >= 15 is 0 Å². The fourth-order valence-corrected chi connectivity index (χ4v) is 3.27. The van der Waals surface area contributed by atoms with E-state index in [0.29, 0.717) is 13.1 Å². The number of rotatable bonds is 5. The fourth-order valence-electron chi connectivity index (χ4n) is 2.48. The second kappa shape index (κ2) is 8.76. The van der Waals surface area contributed by atoms with Gasteiger partial charge in [-0.25, -0.2) is 0 Å². The van der Waals surface area contributed by atoms with E-state index < -0.39 is 0 Å². The minimum atomic E-state index is 0.0274. The summed E-state index contributed by atoms with van der Waals surface area (Å²) >= 11 is 1.79. The Hall–Kier alpha value is -1.76. The zero-order chi connectivity index (χ0) is 16.7. The maximum Gasteiger partial charge on any atom is 0.222 e. The van der Waals surface area contributed by atoms with Gasteiger partial charge in [0.05, 0.1) is 5.00 Å². The van der Waals surface area contributed by atoms with Crippen LogP contribution in [0, 0.1) is 5.92 Å². The number of carbonyl (C=O) groups excluding carboxylic acids is 1. The number of piperazine rings is 1. The molecule has 2 N–H and O–H groups in total. The summed E-state index contributed by atoms with van der Waals surface area (Å²) in [5.41, 5.74) is 0. The van der Waals surface area contributed by atoms with Crippen LogP contribution in [-0.2, 0) is 4.79 Å². The summed E-state index contributed by atoms with van der Waals surface area (Å²) in [5.74, 6) is 1.03. The third-order valence-corrected chi connectivity index (χ3v) is 4.77. The molecular formula is C16H27N5OS. The smallest absolute Gasteiger partial charge is 0.222 e. The van der Waals surface area contributed by atoms with Crippen molar-refractivity contribution in [1.82, 2.24) is 15.5 Å². The van der Waals surface area contributed by atoms with Gasteiger partial charge in [0.15, 0.2) is 5.96 Å². The molecule has 7 heteroatoms. The highest BCUT2D eigenvalue weighted by atomic mass is 32.1. The zero-order valence-corrected chi connectivity index (χ0v) is 15.0. The highest BCUT2D eigenvalue weighted by molar-refractivity contribution is 7.14. The molecule has 1 aliphatic rings. The number of hydrogen-bond donors (Lipinski definition) is 2. The molecule has 2 rings (SSSR count). The van der Waals surface area contributed by atoms with Crippen molar-refractivity contribution < 1.29 is 4.79 Å². The van der Waals surface area contributed by atoms with Crippen LogP contribution < -0.4 is 15.5 Å². The Morgan fingerprint density at radius 1 is 1.26 bits per heavy atom. The summed E-state index contributed by atoms with van der Waals surface area (Å²) in [4.78, 5) is 20.6. The van der Waals surface area contributed by atoms with Crippen molar-refractivity contribution >= 4 is 28.2 Å². The van der Waals surface area contributed by atoms with Crippen LogP contribution >= 0.6 is 11.3 Å². The molecule has 0 bridgehead atoms. The lowest BCUT2D eigenvalue weighted by molar-refractivity contribution is -0.123. The van der Waals surface area contributed by atoms with Crippen LogP contribution in [0.4, 0.5) is 5.00 Å². The van der Waals surface area contributed by atoms with Gasteiger partial charge in [0.2, 0.25) is 5.91 Å². The minimum Gasteiger partial charge on any atom is -0.360 e. The predicted molar refractivity (Wildman–Crippen MR) is 97.3 cm³/mol. The second-order valence-corrected chi connectivity index (χ2v) is 6.77. The Balaban J connectivity index is 1.72. The molecule has 1 amide bonds. The van der Waals surface area contributed by atoms with Crippen LogP contribution in [-0.4, -0.2) is 63.1 Å². The molecule has 1 fully saturated rings. The van der Waals surface area contributed by atoms with E-state index in [1.807, 2.05) is 13.8 Å². The number of nitrogens with one attached hydrogen (secondary N) is 2. The molecule has 1 aromatic heterocycles. The topological polar surface area (TPSA) is 60.0 Å². The number of guanidine groups is 1. The van der Waals surface area contributed by atoms with E-state index in [-0.39, 0.29) is 11.8 Å². The molecule has 0 saturated carbocycles. The third-order valence-electron chi connectivity index (χ3n) is 3.84. The lowest BCUT2D eigenvalue weighted by Crippen LogP contribution is -2.53. The molecule has 6 nitrogen and oxygen atoms in total. The molecule has 0 atom stereocenters. The molecule has 0 radical (unpaired) electrons. The van der Waals surface area contributed by atoms with Crippen molar-refractivity contribution in [3.8, 4) is 0 Å². The van der Waals surface area contributed by atoms with E-state index in [1.165, 1.54) is 5.00 Å². The maximum absolute atomic E-state index is 11.5. The SMILES string of the molecule is CN=C(NCCNC(=O)C(C)C)N1CCN(c2cccs2)CC1. The largest absolute Gasteiger partial charge is 0.360 e. The summed E-state index contributed by atoms with van der Waals surface area (Å²) in [6.45, 7) is 9.02. The molecule has 0 aliphatic carbocycles. The standard InChI is InChI=1S/C16H27N5OS/c1-13(2)15(22)18-6-7-19-16(17-3)21-10-8-20(9-11-21)14-5-4-12-23-14/h4-5,12-13H,6-11H2,1-3H3,(H,17,19)(H,18,22). The van der Waals surface area contributed by atoms with Crippen LogP contribution in [0.3, 0.4) is 0 Å². The average molecular weight is 337 g/mol. The molecule has 1 aromatic rings. The zero-order valence-electron chi connectivity index (χ0n) is 14.2. The Morgan fingerprint density at radius 3 is 2.52 bits per heavy atom. The second-order valence-electron chi connectivity index (χ2n) is 5.85. The van der Waals surface area contributed by atoms with Gasteiger partial charge in [-0.3, -0.25) is 9.79 Å². The third kappa shape index (κ3) is 5.13. The first kappa shape index (κ1) is 17.6. The normalized spacial score (nSPS) is 15.9. The quantitative estimate of drug-likeness (QED) is 0.482. The number of carbonyl (C=O) groups is 1. The van der Waals surface area contributed by atoms with Gasteiger partial charge >= 0.3 is 0 Å². The Morgan fingerprint density at radius 2 is 1.96 bits per heavy atom. The highest BCUT2D eigenvalue weighted by Gasteiger charge is 2.20. The van der Waals surface area contributed by atoms with Gasteiger partial charge in [-0.15, -0.1) is 11.3 Å². The van der Waals surface area contributed by atoms with E-state index in [9.17, 15) is 4.79 Å². The van der Waals surface area contributed by atoms with Gasteiger partial charge in [-0.1, -0.05) is 13.8 Å². The Kier molecular flexibility index (Phi) is 6.70. The van der Waals surface area contributed by atoms with Crippen molar-refractivity contribution in [2.24, 2.45) is 10.9 Å².